The van der Waals surface area contributed by atoms with Crippen LogP contribution in [0.25, 0.3) is 10.8 Å². The van der Waals surface area contributed by atoms with Crippen molar-refractivity contribution in [3.63, 3.8) is 0 Å². The van der Waals surface area contributed by atoms with Crippen molar-refractivity contribution in [3.05, 3.63) is 70.9 Å². The van der Waals surface area contributed by atoms with Crippen LogP contribution in [0.4, 0.5) is 0 Å². The lowest BCUT2D eigenvalue weighted by atomic mass is 9.84. The molecule has 1 aromatic carbocycles. The molecule has 1 aliphatic carbocycles. The van der Waals surface area contributed by atoms with Crippen LogP contribution >= 0.6 is 0 Å². The summed E-state index contributed by atoms with van der Waals surface area (Å²) in [4.78, 5) is 2.35. The van der Waals surface area contributed by atoms with Gasteiger partial charge in [-0.15, -0.1) is 0 Å². The van der Waals surface area contributed by atoms with Crippen LogP contribution in [0.3, 0.4) is 0 Å². The van der Waals surface area contributed by atoms with Crippen molar-refractivity contribution in [1.82, 2.24) is 10.2 Å². The summed E-state index contributed by atoms with van der Waals surface area (Å²) in [6.07, 6.45) is 10.2. The maximum atomic E-state index is 11.1. The lowest BCUT2D eigenvalue weighted by Gasteiger charge is -2.30. The first kappa shape index (κ1) is 22.1. The Hall–Kier alpha value is -2.42. The molecule has 3 N–H and O–H groups in total. The van der Waals surface area contributed by atoms with Gasteiger partial charge in [0, 0.05) is 47.0 Å². The predicted molar refractivity (Wildman–Crippen MR) is 128 cm³/mol. The molecule has 2 aromatic rings. The first-order chi connectivity index (χ1) is 16.5. The highest BCUT2D eigenvalue weighted by atomic mass is 16.7. The number of ether oxygens (including phenoxy) is 2. The van der Waals surface area contributed by atoms with Gasteiger partial charge >= 0.3 is 0 Å². The minimum Gasteiger partial charge on any atom is -0.500 e. The van der Waals surface area contributed by atoms with E-state index in [1.807, 2.05) is 25.3 Å². The molecule has 5 atom stereocenters. The standard InChI is InChI=1S/C27H32N2O5/c1-16-21(7-5-18-12-32-14-22(16)18)25(30)11-29-9-3-4-20(29)10-28-27(26(31)34-27)24-8-6-19-13-33-15-23(19)17(24)2/h5-8,12,14-15,19-20,25-26,28,30-31H,3-4,9-11,13H2,1-2H3/t19?,20?,25-,26?,27?/m0/s1. The number of epoxide rings is 1. The van der Waals surface area contributed by atoms with Crippen LogP contribution in [0, 0.1) is 12.8 Å². The average Bonchev–Trinajstić information content (AvgIpc) is 3.33. The molecule has 4 unspecified atom stereocenters. The summed E-state index contributed by atoms with van der Waals surface area (Å²) < 4.78 is 16.6. The average molecular weight is 465 g/mol. The molecule has 7 nitrogen and oxygen atoms in total. The van der Waals surface area contributed by atoms with Crippen molar-refractivity contribution in [1.29, 1.82) is 0 Å². The normalized spacial score (nSPS) is 31.6. The van der Waals surface area contributed by atoms with Crippen molar-refractivity contribution in [2.75, 3.05) is 26.2 Å². The van der Waals surface area contributed by atoms with Gasteiger partial charge in [-0.3, -0.25) is 10.2 Å². The summed E-state index contributed by atoms with van der Waals surface area (Å²) >= 11 is 0. The second-order valence-electron chi connectivity index (χ2n) is 9.96. The van der Waals surface area contributed by atoms with E-state index in [1.54, 1.807) is 12.5 Å². The van der Waals surface area contributed by atoms with Crippen LogP contribution in [-0.2, 0) is 9.47 Å². The first-order valence-electron chi connectivity index (χ1n) is 12.2. The van der Waals surface area contributed by atoms with Crippen LogP contribution in [0.5, 0.6) is 0 Å². The number of nitrogens with one attached hydrogen (secondary N) is 1. The van der Waals surface area contributed by atoms with Crippen molar-refractivity contribution in [2.45, 2.75) is 50.8 Å². The molecule has 0 saturated carbocycles. The van der Waals surface area contributed by atoms with E-state index in [-0.39, 0.29) is 12.0 Å². The molecule has 0 radical (unpaired) electrons. The molecule has 2 saturated heterocycles. The number of benzene rings is 1. The molecule has 180 valence electrons. The Morgan fingerprint density at radius 3 is 2.94 bits per heavy atom. The number of aryl methyl sites for hydroxylation is 1. The number of allylic oxidation sites excluding steroid dienone is 1. The summed E-state index contributed by atoms with van der Waals surface area (Å²) in [5.74, 6) is 0.285. The summed E-state index contributed by atoms with van der Waals surface area (Å²) in [6.45, 7) is 6.97. The molecule has 6 rings (SSSR count). The van der Waals surface area contributed by atoms with E-state index in [0.717, 1.165) is 58.0 Å². The van der Waals surface area contributed by atoms with E-state index >= 15 is 0 Å². The highest BCUT2D eigenvalue weighted by molar-refractivity contribution is 5.85. The van der Waals surface area contributed by atoms with E-state index in [4.69, 9.17) is 13.9 Å². The molecule has 2 fully saturated rings. The molecule has 34 heavy (non-hydrogen) atoms. The van der Waals surface area contributed by atoms with E-state index < -0.39 is 18.1 Å². The van der Waals surface area contributed by atoms with Gasteiger partial charge in [0.1, 0.15) is 0 Å². The summed E-state index contributed by atoms with van der Waals surface area (Å²) in [6, 6.07) is 4.27. The van der Waals surface area contributed by atoms with Crippen LogP contribution in [0.2, 0.25) is 0 Å². The predicted octanol–water partition coefficient (Wildman–Crippen LogP) is 3.29. The fourth-order valence-corrected chi connectivity index (χ4v) is 5.92. The van der Waals surface area contributed by atoms with Crippen LogP contribution in [-0.4, -0.2) is 59.4 Å². The Labute approximate surface area is 199 Å². The van der Waals surface area contributed by atoms with Crippen molar-refractivity contribution >= 4 is 10.8 Å². The third-order valence-electron chi connectivity index (χ3n) is 8.04. The third kappa shape index (κ3) is 3.54. The number of β-amino-alcohol motifs (C(OH)–C–C–N with tert-alkyl or cyclic N) is 1. The Bertz CT molecular complexity index is 1200. The number of fused-ring (bicyclic) bond motifs is 2. The molecule has 4 heterocycles. The first-order valence-corrected chi connectivity index (χ1v) is 12.2. The fourth-order valence-electron chi connectivity index (χ4n) is 5.92. The zero-order valence-electron chi connectivity index (χ0n) is 19.7. The Morgan fingerprint density at radius 2 is 2.12 bits per heavy atom. The minimum atomic E-state index is -0.870. The largest absolute Gasteiger partial charge is 0.500 e. The zero-order valence-corrected chi connectivity index (χ0v) is 19.7. The molecule has 7 heteroatoms. The quantitative estimate of drug-likeness (QED) is 0.542. The molecule has 4 aliphatic rings. The van der Waals surface area contributed by atoms with Crippen molar-refractivity contribution in [3.8, 4) is 0 Å². The molecule has 3 aliphatic heterocycles. The summed E-state index contributed by atoms with van der Waals surface area (Å²) in [5.41, 5.74) is 4.39. The summed E-state index contributed by atoms with van der Waals surface area (Å²) in [7, 11) is 0. The summed E-state index contributed by atoms with van der Waals surface area (Å²) in [5, 5.41) is 27.2. The van der Waals surface area contributed by atoms with E-state index in [0.29, 0.717) is 19.7 Å². The van der Waals surface area contributed by atoms with Crippen LogP contribution in [0.1, 0.15) is 37.0 Å². The number of furan rings is 1. The molecule has 0 spiro atoms. The van der Waals surface area contributed by atoms with Gasteiger partial charge in [0.15, 0.2) is 5.72 Å². The number of hydrogen-bond acceptors (Lipinski definition) is 7. The van der Waals surface area contributed by atoms with Gasteiger partial charge in [0.05, 0.1) is 31.5 Å². The van der Waals surface area contributed by atoms with Gasteiger partial charge in [0.2, 0.25) is 6.29 Å². The van der Waals surface area contributed by atoms with E-state index in [9.17, 15) is 10.2 Å². The van der Waals surface area contributed by atoms with Gasteiger partial charge in [-0.05, 0) is 49.9 Å². The maximum absolute atomic E-state index is 11.1. The highest BCUT2D eigenvalue weighted by Crippen LogP contribution is 2.46. The fraction of sp³-hybridized carbons (Fsp3) is 0.481. The maximum Gasteiger partial charge on any atom is 0.205 e. The topological polar surface area (TPSA) is 90.6 Å². The molecular weight excluding hydrogens is 432 g/mol. The second kappa shape index (κ2) is 8.36. The lowest BCUT2D eigenvalue weighted by Crippen LogP contribution is -2.46. The molecule has 0 bridgehead atoms. The number of likely N-dealkylation sites (tertiary alicyclic amines) is 1. The number of hydrogen-bond donors (Lipinski definition) is 3. The van der Waals surface area contributed by atoms with Crippen molar-refractivity contribution < 1.29 is 24.1 Å². The second-order valence-corrected chi connectivity index (χ2v) is 9.96. The Kier molecular flexibility index (Phi) is 5.43. The van der Waals surface area contributed by atoms with Crippen LogP contribution in [0.15, 0.2) is 64.2 Å². The van der Waals surface area contributed by atoms with Gasteiger partial charge in [-0.2, -0.15) is 0 Å². The van der Waals surface area contributed by atoms with Gasteiger partial charge in [-0.25, -0.2) is 0 Å². The number of nitrogens with zero attached hydrogens (tertiary/aromatic N) is 1. The van der Waals surface area contributed by atoms with E-state index in [1.165, 1.54) is 0 Å². The molecule has 0 amide bonds. The Balaban J connectivity index is 1.15. The molecule has 1 aromatic heterocycles. The van der Waals surface area contributed by atoms with E-state index in [2.05, 4.69) is 29.3 Å². The lowest BCUT2D eigenvalue weighted by molar-refractivity contribution is 0.103. The molecular formula is C27H32N2O5. The zero-order chi connectivity index (χ0) is 23.4. The van der Waals surface area contributed by atoms with Crippen LogP contribution < -0.4 is 5.32 Å². The van der Waals surface area contributed by atoms with Gasteiger partial charge < -0.3 is 24.1 Å². The number of aliphatic hydroxyl groups is 2. The smallest absolute Gasteiger partial charge is 0.205 e. The SMILES string of the molecule is CC1=C(C2(NCC3CCCN3C[C@H](O)c3ccc4cocc4c3C)OC2O)C=CC2COC=C12. The monoisotopic (exact) mass is 464 g/mol. The van der Waals surface area contributed by atoms with Crippen molar-refractivity contribution in [2.24, 2.45) is 5.92 Å². The number of aliphatic hydroxyl groups excluding tert-OH is 2. The van der Waals surface area contributed by atoms with Gasteiger partial charge in [0.25, 0.3) is 0 Å². The third-order valence-corrected chi connectivity index (χ3v) is 8.04. The van der Waals surface area contributed by atoms with Gasteiger partial charge in [-0.1, -0.05) is 24.3 Å². The Morgan fingerprint density at radius 1 is 1.26 bits per heavy atom. The minimum absolute atomic E-state index is 0.260. The highest BCUT2D eigenvalue weighted by Gasteiger charge is 2.59. The number of rotatable bonds is 7.